The van der Waals surface area contributed by atoms with E-state index in [4.69, 9.17) is 5.73 Å². The average molecular weight is 273 g/mol. The quantitative estimate of drug-likeness (QED) is 0.658. The van der Waals surface area contributed by atoms with Crippen LogP contribution in [-0.4, -0.2) is 0 Å². The molecular formula is C13H8F5N. The molecule has 0 aliphatic heterocycles. The zero-order valence-corrected chi connectivity index (χ0v) is 9.43. The molecule has 0 bridgehead atoms. The Hall–Kier alpha value is -1.95. The molecule has 1 nitrogen and oxygen atoms in total. The molecule has 2 rings (SSSR count). The van der Waals surface area contributed by atoms with Gasteiger partial charge in [0, 0.05) is 11.1 Å². The van der Waals surface area contributed by atoms with Crippen LogP contribution in [0.4, 0.5) is 22.0 Å². The predicted octanol–water partition coefficient (Wildman–Crippen LogP) is 3.43. The van der Waals surface area contributed by atoms with E-state index in [1.54, 1.807) is 0 Å². The molecule has 2 aromatic rings. The Morgan fingerprint density at radius 2 is 1.37 bits per heavy atom. The van der Waals surface area contributed by atoms with Gasteiger partial charge in [0.05, 0.1) is 6.04 Å². The van der Waals surface area contributed by atoms with E-state index in [0.717, 1.165) is 24.3 Å². The number of rotatable bonds is 2. The third-order valence-electron chi connectivity index (χ3n) is 2.69. The van der Waals surface area contributed by atoms with Gasteiger partial charge in [-0.05, 0) is 24.3 Å². The van der Waals surface area contributed by atoms with Gasteiger partial charge in [-0.2, -0.15) is 0 Å². The Balaban J connectivity index is 2.53. The fourth-order valence-electron chi connectivity index (χ4n) is 1.70. The van der Waals surface area contributed by atoms with Gasteiger partial charge in [-0.25, -0.2) is 22.0 Å². The van der Waals surface area contributed by atoms with Crippen molar-refractivity contribution in [2.45, 2.75) is 6.04 Å². The zero-order valence-electron chi connectivity index (χ0n) is 9.43. The van der Waals surface area contributed by atoms with Crippen molar-refractivity contribution in [2.75, 3.05) is 0 Å². The van der Waals surface area contributed by atoms with E-state index in [9.17, 15) is 22.0 Å². The first-order valence-corrected chi connectivity index (χ1v) is 5.25. The van der Waals surface area contributed by atoms with Gasteiger partial charge in [0.15, 0.2) is 17.5 Å². The number of halogens is 5. The fraction of sp³-hybridized carbons (Fsp3) is 0.0769. The lowest BCUT2D eigenvalue weighted by Gasteiger charge is -2.15. The van der Waals surface area contributed by atoms with E-state index >= 15 is 0 Å². The van der Waals surface area contributed by atoms with Gasteiger partial charge in [-0.15, -0.1) is 0 Å². The second-order valence-corrected chi connectivity index (χ2v) is 3.91. The van der Waals surface area contributed by atoms with Crippen LogP contribution in [0.2, 0.25) is 0 Å². The van der Waals surface area contributed by atoms with Crippen molar-refractivity contribution in [3.05, 3.63) is 70.5 Å². The van der Waals surface area contributed by atoms with Crippen LogP contribution in [0.5, 0.6) is 0 Å². The van der Waals surface area contributed by atoms with E-state index in [-0.39, 0.29) is 5.56 Å². The second-order valence-electron chi connectivity index (χ2n) is 3.91. The molecule has 6 heteroatoms. The van der Waals surface area contributed by atoms with Crippen LogP contribution in [0.3, 0.4) is 0 Å². The van der Waals surface area contributed by atoms with Gasteiger partial charge in [-0.3, -0.25) is 0 Å². The van der Waals surface area contributed by atoms with E-state index in [0.29, 0.717) is 6.07 Å². The van der Waals surface area contributed by atoms with Crippen LogP contribution >= 0.6 is 0 Å². The maximum Gasteiger partial charge on any atom is 0.194 e. The maximum absolute atomic E-state index is 13.5. The lowest BCUT2D eigenvalue weighted by atomic mass is 9.98. The molecule has 19 heavy (non-hydrogen) atoms. The van der Waals surface area contributed by atoms with Crippen molar-refractivity contribution >= 4 is 0 Å². The van der Waals surface area contributed by atoms with Crippen LogP contribution in [0, 0.1) is 29.1 Å². The van der Waals surface area contributed by atoms with Crippen LogP contribution in [0.15, 0.2) is 30.3 Å². The molecule has 0 aliphatic carbocycles. The van der Waals surface area contributed by atoms with Crippen molar-refractivity contribution in [1.82, 2.24) is 0 Å². The summed E-state index contributed by atoms with van der Waals surface area (Å²) < 4.78 is 65.9. The summed E-state index contributed by atoms with van der Waals surface area (Å²) in [5.74, 6) is -6.23. The van der Waals surface area contributed by atoms with Gasteiger partial charge >= 0.3 is 0 Å². The third-order valence-corrected chi connectivity index (χ3v) is 2.69. The monoisotopic (exact) mass is 273 g/mol. The van der Waals surface area contributed by atoms with Crippen LogP contribution in [0.1, 0.15) is 17.2 Å². The minimum absolute atomic E-state index is 0.343. The molecule has 2 aromatic carbocycles. The highest BCUT2D eigenvalue weighted by Crippen LogP contribution is 2.27. The Morgan fingerprint density at radius 3 is 2.05 bits per heavy atom. The van der Waals surface area contributed by atoms with Crippen LogP contribution in [0.25, 0.3) is 0 Å². The van der Waals surface area contributed by atoms with E-state index in [2.05, 4.69) is 0 Å². The summed E-state index contributed by atoms with van der Waals surface area (Å²) in [6.45, 7) is 0. The highest BCUT2D eigenvalue weighted by Gasteiger charge is 2.21. The number of benzene rings is 2. The fourth-order valence-corrected chi connectivity index (χ4v) is 1.70. The van der Waals surface area contributed by atoms with Crippen LogP contribution in [-0.2, 0) is 0 Å². The highest BCUT2D eigenvalue weighted by atomic mass is 19.2. The van der Waals surface area contributed by atoms with Gasteiger partial charge < -0.3 is 5.73 Å². The maximum atomic E-state index is 13.5. The SMILES string of the molecule is NC(c1cc(F)ccc1F)c1ccc(F)c(F)c1F. The summed E-state index contributed by atoms with van der Waals surface area (Å²) in [7, 11) is 0. The van der Waals surface area contributed by atoms with Gasteiger partial charge in [-0.1, -0.05) is 6.07 Å². The second kappa shape index (κ2) is 4.97. The first-order valence-electron chi connectivity index (χ1n) is 5.25. The molecule has 0 aromatic heterocycles. The molecule has 0 spiro atoms. The molecule has 0 saturated heterocycles. The molecule has 1 atom stereocenters. The molecule has 2 N–H and O–H groups in total. The first kappa shape index (κ1) is 13.5. The minimum Gasteiger partial charge on any atom is -0.320 e. The largest absolute Gasteiger partial charge is 0.320 e. The summed E-state index contributed by atoms with van der Waals surface area (Å²) in [5.41, 5.74) is 4.77. The minimum atomic E-state index is -1.70. The first-order chi connectivity index (χ1) is 8.91. The molecule has 0 amide bonds. The van der Waals surface area contributed by atoms with Crippen molar-refractivity contribution in [1.29, 1.82) is 0 Å². The van der Waals surface area contributed by atoms with Crippen LogP contribution < -0.4 is 5.73 Å². The number of nitrogens with two attached hydrogens (primary N) is 1. The Kier molecular flexibility index (Phi) is 3.53. The average Bonchev–Trinajstić information content (AvgIpc) is 2.38. The predicted molar refractivity (Wildman–Crippen MR) is 58.7 cm³/mol. The number of hydrogen-bond donors (Lipinski definition) is 1. The molecule has 0 saturated carbocycles. The van der Waals surface area contributed by atoms with Crippen molar-refractivity contribution < 1.29 is 22.0 Å². The Labute approximate surface area is 105 Å². The lowest BCUT2D eigenvalue weighted by molar-refractivity contribution is 0.437. The molecule has 100 valence electrons. The molecule has 0 heterocycles. The topological polar surface area (TPSA) is 26.0 Å². The van der Waals surface area contributed by atoms with E-state index < -0.39 is 40.7 Å². The third kappa shape index (κ3) is 2.44. The van der Waals surface area contributed by atoms with Gasteiger partial charge in [0.1, 0.15) is 11.6 Å². The molecular weight excluding hydrogens is 265 g/mol. The Morgan fingerprint density at radius 1 is 0.737 bits per heavy atom. The molecule has 1 unspecified atom stereocenters. The smallest absolute Gasteiger partial charge is 0.194 e. The van der Waals surface area contributed by atoms with Crippen molar-refractivity contribution in [3.8, 4) is 0 Å². The molecule has 0 radical (unpaired) electrons. The highest BCUT2D eigenvalue weighted by molar-refractivity contribution is 5.34. The Bertz CT molecular complexity index is 627. The number of hydrogen-bond acceptors (Lipinski definition) is 1. The summed E-state index contributed by atoms with van der Waals surface area (Å²) in [4.78, 5) is 0. The summed E-state index contributed by atoms with van der Waals surface area (Å²) in [5, 5.41) is 0. The zero-order chi connectivity index (χ0) is 14.2. The molecule has 0 fully saturated rings. The van der Waals surface area contributed by atoms with Gasteiger partial charge in [0.25, 0.3) is 0 Å². The summed E-state index contributed by atoms with van der Waals surface area (Å²) in [6.07, 6.45) is 0. The van der Waals surface area contributed by atoms with Crippen molar-refractivity contribution in [3.63, 3.8) is 0 Å². The standard InChI is InChI=1S/C13H8F5N/c14-6-1-3-9(15)8(5-6)13(19)7-2-4-10(16)12(18)11(7)17/h1-5,13H,19H2. The van der Waals surface area contributed by atoms with Crippen molar-refractivity contribution in [2.24, 2.45) is 5.73 Å². The lowest BCUT2D eigenvalue weighted by Crippen LogP contribution is -2.16. The van der Waals surface area contributed by atoms with E-state index in [1.807, 2.05) is 0 Å². The summed E-state index contributed by atoms with van der Waals surface area (Å²) in [6, 6.07) is 2.59. The normalized spacial score (nSPS) is 12.5. The molecule has 0 aliphatic rings. The summed E-state index contributed by atoms with van der Waals surface area (Å²) >= 11 is 0. The van der Waals surface area contributed by atoms with Gasteiger partial charge in [0.2, 0.25) is 0 Å². The van der Waals surface area contributed by atoms with E-state index in [1.165, 1.54) is 0 Å².